The first kappa shape index (κ1) is 13.1. The molecule has 20 heavy (non-hydrogen) atoms. The van der Waals surface area contributed by atoms with Crippen LogP contribution in [0.3, 0.4) is 0 Å². The summed E-state index contributed by atoms with van der Waals surface area (Å²) in [5, 5.41) is 4.02. The van der Waals surface area contributed by atoms with Gasteiger partial charge in [0.05, 0.1) is 12.1 Å². The molecule has 0 unspecified atom stereocenters. The Morgan fingerprint density at radius 3 is 2.70 bits per heavy atom. The number of hydrogen-bond donors (Lipinski definition) is 0. The summed E-state index contributed by atoms with van der Waals surface area (Å²) < 4.78 is 12.9. The van der Waals surface area contributed by atoms with E-state index in [1.54, 1.807) is 12.1 Å². The molecular weight excluding hydrogens is 259 g/mol. The van der Waals surface area contributed by atoms with Gasteiger partial charge in [0.1, 0.15) is 11.9 Å². The zero-order valence-corrected chi connectivity index (χ0v) is 11.2. The Balaban J connectivity index is 1.56. The highest BCUT2D eigenvalue weighted by Crippen LogP contribution is 2.21. The fourth-order valence-corrected chi connectivity index (χ4v) is 2.64. The fourth-order valence-electron chi connectivity index (χ4n) is 2.64. The number of carbonyl (C=O) groups is 1. The summed E-state index contributed by atoms with van der Waals surface area (Å²) >= 11 is 0. The average Bonchev–Trinajstić information content (AvgIpc) is 3.10. The molecule has 1 fully saturated rings. The number of oxime groups is 1. The monoisotopic (exact) mass is 276 g/mol. The molecule has 0 N–H and O–H groups in total. The SMILES string of the molecule is O=C(C[C@H]1CC(c2ccc(F)cc2)=NO1)N1CCCC1. The Bertz CT molecular complexity index is 521. The zero-order valence-electron chi connectivity index (χ0n) is 11.2. The summed E-state index contributed by atoms with van der Waals surface area (Å²) in [4.78, 5) is 19.2. The molecule has 0 aromatic heterocycles. The second-order valence-corrected chi connectivity index (χ2v) is 5.27. The van der Waals surface area contributed by atoms with E-state index in [-0.39, 0.29) is 17.8 Å². The molecule has 106 valence electrons. The Kier molecular flexibility index (Phi) is 3.67. The fraction of sp³-hybridized carbons (Fsp3) is 0.467. The van der Waals surface area contributed by atoms with E-state index in [1.165, 1.54) is 12.1 Å². The van der Waals surface area contributed by atoms with Gasteiger partial charge < -0.3 is 9.74 Å². The molecule has 3 rings (SSSR count). The van der Waals surface area contributed by atoms with Gasteiger partial charge in [-0.25, -0.2) is 4.39 Å². The van der Waals surface area contributed by atoms with Crippen LogP contribution < -0.4 is 0 Å². The number of carbonyl (C=O) groups excluding carboxylic acids is 1. The highest BCUT2D eigenvalue weighted by atomic mass is 19.1. The van der Waals surface area contributed by atoms with Gasteiger partial charge in [0, 0.05) is 19.5 Å². The molecule has 2 heterocycles. The van der Waals surface area contributed by atoms with Crippen LogP contribution in [0.5, 0.6) is 0 Å². The molecule has 2 aliphatic heterocycles. The highest BCUT2D eigenvalue weighted by Gasteiger charge is 2.27. The lowest BCUT2D eigenvalue weighted by Gasteiger charge is -2.16. The third-order valence-electron chi connectivity index (χ3n) is 3.77. The summed E-state index contributed by atoms with van der Waals surface area (Å²) in [7, 11) is 0. The van der Waals surface area contributed by atoms with Crippen molar-refractivity contribution in [1.82, 2.24) is 4.90 Å². The first-order valence-electron chi connectivity index (χ1n) is 6.99. The van der Waals surface area contributed by atoms with E-state index >= 15 is 0 Å². The van der Waals surface area contributed by atoms with Crippen LogP contribution in [0.15, 0.2) is 29.4 Å². The van der Waals surface area contributed by atoms with Crippen molar-refractivity contribution in [2.75, 3.05) is 13.1 Å². The molecule has 1 atom stereocenters. The van der Waals surface area contributed by atoms with Crippen LogP contribution in [0.1, 0.15) is 31.2 Å². The van der Waals surface area contributed by atoms with Crippen LogP contribution in [0.2, 0.25) is 0 Å². The van der Waals surface area contributed by atoms with Gasteiger partial charge in [0.2, 0.25) is 5.91 Å². The molecule has 1 aromatic rings. The number of amides is 1. The maximum Gasteiger partial charge on any atom is 0.226 e. The third kappa shape index (κ3) is 2.81. The van der Waals surface area contributed by atoms with Crippen molar-refractivity contribution in [3.05, 3.63) is 35.6 Å². The Morgan fingerprint density at radius 1 is 1.30 bits per heavy atom. The molecule has 0 spiro atoms. The largest absolute Gasteiger partial charge is 0.391 e. The van der Waals surface area contributed by atoms with Crippen molar-refractivity contribution < 1.29 is 14.0 Å². The standard InChI is InChI=1S/C15H17FN2O2/c16-12-5-3-11(4-6-12)14-9-13(20-17-14)10-15(19)18-7-1-2-8-18/h3-6,13H,1-2,7-10H2/t13-/m1/s1. The molecule has 0 saturated carbocycles. The lowest BCUT2D eigenvalue weighted by atomic mass is 10.0. The summed E-state index contributed by atoms with van der Waals surface area (Å²) in [5.41, 5.74) is 1.63. The minimum Gasteiger partial charge on any atom is -0.391 e. The van der Waals surface area contributed by atoms with Crippen molar-refractivity contribution in [3.63, 3.8) is 0 Å². The topological polar surface area (TPSA) is 41.9 Å². The van der Waals surface area contributed by atoms with E-state index in [1.807, 2.05) is 4.90 Å². The zero-order chi connectivity index (χ0) is 13.9. The number of rotatable bonds is 3. The van der Waals surface area contributed by atoms with E-state index < -0.39 is 0 Å². The van der Waals surface area contributed by atoms with Crippen molar-refractivity contribution >= 4 is 11.6 Å². The average molecular weight is 276 g/mol. The van der Waals surface area contributed by atoms with Gasteiger partial charge in [0.25, 0.3) is 0 Å². The predicted octanol–water partition coefficient (Wildman–Crippen LogP) is 2.33. The van der Waals surface area contributed by atoms with Crippen molar-refractivity contribution in [1.29, 1.82) is 0 Å². The molecule has 0 radical (unpaired) electrons. The van der Waals surface area contributed by atoms with Gasteiger partial charge in [-0.1, -0.05) is 17.3 Å². The summed E-state index contributed by atoms with van der Waals surface area (Å²) in [6.45, 7) is 1.72. The van der Waals surface area contributed by atoms with Gasteiger partial charge >= 0.3 is 0 Å². The van der Waals surface area contributed by atoms with Gasteiger partial charge in [-0.2, -0.15) is 0 Å². The maximum absolute atomic E-state index is 12.9. The van der Waals surface area contributed by atoms with E-state index in [0.29, 0.717) is 12.8 Å². The minimum atomic E-state index is -0.269. The van der Waals surface area contributed by atoms with E-state index in [9.17, 15) is 9.18 Å². The highest BCUT2D eigenvalue weighted by molar-refractivity contribution is 6.01. The number of hydrogen-bond acceptors (Lipinski definition) is 3. The Labute approximate surface area is 117 Å². The van der Waals surface area contributed by atoms with Crippen LogP contribution >= 0.6 is 0 Å². The van der Waals surface area contributed by atoms with Crippen LogP contribution in [0.25, 0.3) is 0 Å². The van der Waals surface area contributed by atoms with Crippen LogP contribution in [-0.2, 0) is 9.63 Å². The quantitative estimate of drug-likeness (QED) is 0.850. The molecule has 1 amide bonds. The molecule has 0 bridgehead atoms. The van der Waals surface area contributed by atoms with Crippen LogP contribution in [0.4, 0.5) is 4.39 Å². The van der Waals surface area contributed by atoms with Gasteiger partial charge in [-0.05, 0) is 30.5 Å². The Hall–Kier alpha value is -1.91. The number of benzene rings is 1. The maximum atomic E-state index is 12.9. The summed E-state index contributed by atoms with van der Waals surface area (Å²) in [6.07, 6.45) is 2.96. The third-order valence-corrected chi connectivity index (χ3v) is 3.77. The van der Waals surface area contributed by atoms with Gasteiger partial charge in [0.15, 0.2) is 0 Å². The van der Waals surface area contributed by atoms with Crippen LogP contribution in [0, 0.1) is 5.82 Å². The van der Waals surface area contributed by atoms with E-state index in [2.05, 4.69) is 5.16 Å². The van der Waals surface area contributed by atoms with Gasteiger partial charge in [-0.3, -0.25) is 4.79 Å². The lowest BCUT2D eigenvalue weighted by molar-refractivity contribution is -0.132. The summed E-state index contributed by atoms with van der Waals surface area (Å²) in [6, 6.07) is 6.17. The molecule has 1 aromatic carbocycles. The number of nitrogens with zero attached hydrogens (tertiary/aromatic N) is 2. The number of halogens is 1. The molecule has 0 aliphatic carbocycles. The van der Waals surface area contributed by atoms with Crippen molar-refractivity contribution in [2.24, 2.45) is 5.16 Å². The molecule has 4 nitrogen and oxygen atoms in total. The molecule has 2 aliphatic rings. The van der Waals surface area contributed by atoms with Crippen molar-refractivity contribution in [3.8, 4) is 0 Å². The van der Waals surface area contributed by atoms with E-state index in [4.69, 9.17) is 4.84 Å². The first-order valence-corrected chi connectivity index (χ1v) is 6.99. The number of likely N-dealkylation sites (tertiary alicyclic amines) is 1. The van der Waals surface area contributed by atoms with E-state index in [0.717, 1.165) is 37.2 Å². The first-order chi connectivity index (χ1) is 9.72. The second kappa shape index (κ2) is 5.61. The lowest BCUT2D eigenvalue weighted by Crippen LogP contribution is -2.30. The van der Waals surface area contributed by atoms with Crippen LogP contribution in [-0.4, -0.2) is 35.7 Å². The Morgan fingerprint density at radius 2 is 2.00 bits per heavy atom. The molecule has 1 saturated heterocycles. The predicted molar refractivity (Wildman–Crippen MR) is 72.9 cm³/mol. The van der Waals surface area contributed by atoms with Crippen molar-refractivity contribution in [2.45, 2.75) is 31.8 Å². The summed E-state index contributed by atoms with van der Waals surface area (Å²) in [5.74, 6) is -0.128. The smallest absolute Gasteiger partial charge is 0.226 e. The minimum absolute atomic E-state index is 0.142. The normalized spacial score (nSPS) is 21.8. The van der Waals surface area contributed by atoms with Gasteiger partial charge in [-0.15, -0.1) is 0 Å². The molecule has 5 heteroatoms. The molecular formula is C15H17FN2O2. The second-order valence-electron chi connectivity index (χ2n) is 5.27.